The van der Waals surface area contributed by atoms with Gasteiger partial charge >= 0.3 is 12.1 Å². The van der Waals surface area contributed by atoms with Crippen LogP contribution in [-0.2, 0) is 19.6 Å². The summed E-state index contributed by atoms with van der Waals surface area (Å²) < 4.78 is 73.1. The molecule has 0 aliphatic heterocycles. The van der Waals surface area contributed by atoms with Gasteiger partial charge in [0.25, 0.3) is 10.1 Å². The molecule has 0 aromatic rings. The largest absolute Gasteiger partial charge is 0.451 e. The third kappa shape index (κ3) is 4.62. The molecule has 0 spiro atoms. The molecule has 1 fully saturated rings. The molecule has 0 heterocycles. The Hall–Kier alpha value is -0.830. The highest BCUT2D eigenvalue weighted by Crippen LogP contribution is 2.31. The summed E-state index contributed by atoms with van der Waals surface area (Å²) in [6.45, 7) is 0.654. The third-order valence-corrected chi connectivity index (χ3v) is 4.59. The summed E-state index contributed by atoms with van der Waals surface area (Å²) >= 11 is 0. The zero-order valence-electron chi connectivity index (χ0n) is 10.9. The summed E-state index contributed by atoms with van der Waals surface area (Å²) in [5.74, 6) is -1.69. The Morgan fingerprint density at radius 2 is 1.75 bits per heavy atom. The van der Waals surface area contributed by atoms with Crippen LogP contribution >= 0.6 is 0 Å². The Morgan fingerprint density at radius 3 is 2.15 bits per heavy atom. The van der Waals surface area contributed by atoms with Crippen LogP contribution in [0, 0.1) is 5.92 Å². The number of halogens is 3. The van der Waals surface area contributed by atoms with Crippen LogP contribution in [0.2, 0.25) is 0 Å². The van der Waals surface area contributed by atoms with Crippen molar-refractivity contribution in [3.8, 4) is 0 Å². The summed E-state index contributed by atoms with van der Waals surface area (Å²) in [5, 5.41) is -2.25. The van der Waals surface area contributed by atoms with Crippen molar-refractivity contribution in [2.75, 3.05) is 0 Å². The number of ether oxygens (including phenoxy) is 1. The van der Waals surface area contributed by atoms with Crippen LogP contribution in [0.25, 0.3) is 0 Å². The zero-order chi connectivity index (χ0) is 15.6. The van der Waals surface area contributed by atoms with Gasteiger partial charge < -0.3 is 4.74 Å². The Morgan fingerprint density at radius 1 is 1.25 bits per heavy atom. The molecule has 1 aliphatic rings. The van der Waals surface area contributed by atoms with Crippen molar-refractivity contribution in [3.63, 3.8) is 0 Å². The predicted octanol–water partition coefficient (Wildman–Crippen LogP) is 2.32. The quantitative estimate of drug-likeness (QED) is 0.635. The molecule has 0 bridgehead atoms. The molecule has 9 heteroatoms. The zero-order valence-corrected chi connectivity index (χ0v) is 11.7. The van der Waals surface area contributed by atoms with Crippen LogP contribution in [-0.4, -0.2) is 36.5 Å². The second kappa shape index (κ2) is 6.30. The number of alkyl halides is 3. The van der Waals surface area contributed by atoms with Gasteiger partial charge in [-0.3, -0.25) is 9.35 Å². The molecular weight excluding hydrogens is 301 g/mol. The van der Waals surface area contributed by atoms with Gasteiger partial charge in [-0.05, 0) is 19.8 Å². The Labute approximate surface area is 115 Å². The van der Waals surface area contributed by atoms with E-state index in [0.717, 1.165) is 19.3 Å². The molecule has 1 saturated carbocycles. The van der Waals surface area contributed by atoms with Crippen LogP contribution in [0.3, 0.4) is 0 Å². The maximum atomic E-state index is 12.8. The highest BCUT2D eigenvalue weighted by molar-refractivity contribution is 7.86. The highest BCUT2D eigenvalue weighted by Gasteiger charge is 2.51. The van der Waals surface area contributed by atoms with E-state index in [1.54, 1.807) is 0 Å². The van der Waals surface area contributed by atoms with Crippen molar-refractivity contribution in [1.29, 1.82) is 0 Å². The molecule has 0 aromatic heterocycles. The maximum Gasteiger partial charge on any atom is 0.426 e. The molecule has 20 heavy (non-hydrogen) atoms. The molecule has 0 aromatic carbocycles. The number of hydrogen-bond acceptors (Lipinski definition) is 4. The van der Waals surface area contributed by atoms with Crippen LogP contribution in [0.5, 0.6) is 0 Å². The lowest BCUT2D eigenvalue weighted by Crippen LogP contribution is -2.46. The van der Waals surface area contributed by atoms with Crippen LogP contribution in [0.4, 0.5) is 13.2 Å². The molecule has 0 amide bonds. The minimum Gasteiger partial charge on any atom is -0.451 e. The van der Waals surface area contributed by atoms with Crippen molar-refractivity contribution >= 4 is 16.1 Å². The van der Waals surface area contributed by atoms with Gasteiger partial charge in [0.05, 0.1) is 5.92 Å². The lowest BCUT2D eigenvalue weighted by atomic mass is 9.89. The van der Waals surface area contributed by atoms with Gasteiger partial charge in [-0.2, -0.15) is 21.6 Å². The molecule has 1 N–H and O–H groups in total. The van der Waals surface area contributed by atoms with Crippen molar-refractivity contribution < 1.29 is 35.7 Å². The molecule has 5 nitrogen and oxygen atoms in total. The summed E-state index contributed by atoms with van der Waals surface area (Å²) in [7, 11) is -4.96. The first-order chi connectivity index (χ1) is 9.03. The van der Waals surface area contributed by atoms with Gasteiger partial charge in [0.2, 0.25) is 6.10 Å². The van der Waals surface area contributed by atoms with Crippen molar-refractivity contribution in [2.24, 2.45) is 5.92 Å². The second-order valence-corrected chi connectivity index (χ2v) is 6.73. The van der Waals surface area contributed by atoms with Gasteiger partial charge in [-0.15, -0.1) is 0 Å². The van der Waals surface area contributed by atoms with E-state index in [2.05, 4.69) is 4.74 Å². The molecule has 1 aliphatic carbocycles. The maximum absolute atomic E-state index is 12.8. The average molecular weight is 318 g/mol. The summed E-state index contributed by atoms with van der Waals surface area (Å²) in [6, 6.07) is 0. The summed E-state index contributed by atoms with van der Waals surface area (Å²) in [5.41, 5.74) is 0. The molecule has 2 unspecified atom stereocenters. The predicted molar refractivity (Wildman–Crippen MR) is 63.5 cm³/mol. The van der Waals surface area contributed by atoms with E-state index in [1.807, 2.05) is 0 Å². The number of carbonyl (C=O) groups excluding carboxylic acids is 1. The number of esters is 1. The molecular formula is C11H17F3O5S. The van der Waals surface area contributed by atoms with Crippen LogP contribution < -0.4 is 0 Å². The topological polar surface area (TPSA) is 80.7 Å². The van der Waals surface area contributed by atoms with Crippen LogP contribution in [0.1, 0.15) is 39.0 Å². The number of carbonyl (C=O) groups is 1. The van der Waals surface area contributed by atoms with Gasteiger partial charge in [0.15, 0.2) is 0 Å². The van der Waals surface area contributed by atoms with E-state index in [9.17, 15) is 26.4 Å². The normalized spacial score (nSPS) is 21.2. The lowest BCUT2D eigenvalue weighted by molar-refractivity contribution is -0.223. The van der Waals surface area contributed by atoms with Gasteiger partial charge in [-0.1, -0.05) is 19.3 Å². The summed E-state index contributed by atoms with van der Waals surface area (Å²) in [6.07, 6.45) is -4.68. The smallest absolute Gasteiger partial charge is 0.426 e. The third-order valence-electron chi connectivity index (χ3n) is 3.40. The van der Waals surface area contributed by atoms with Crippen molar-refractivity contribution in [2.45, 2.75) is 56.6 Å². The molecule has 0 saturated heterocycles. The lowest BCUT2D eigenvalue weighted by Gasteiger charge is -2.27. The molecule has 118 valence electrons. The van der Waals surface area contributed by atoms with Gasteiger partial charge in [0.1, 0.15) is 5.25 Å². The fourth-order valence-corrected chi connectivity index (χ4v) is 2.67. The first kappa shape index (κ1) is 17.2. The first-order valence-electron chi connectivity index (χ1n) is 6.27. The molecule has 2 atom stereocenters. The van der Waals surface area contributed by atoms with E-state index < -0.39 is 39.5 Å². The van der Waals surface area contributed by atoms with E-state index >= 15 is 0 Å². The molecule has 1 rings (SSSR count). The van der Waals surface area contributed by atoms with E-state index in [-0.39, 0.29) is 0 Å². The standard InChI is InChI=1S/C11H17F3O5S/c1-7(20(16,17)18)9(11(12,13)14)19-10(15)8-5-3-2-4-6-8/h7-9H,2-6H2,1H3,(H,16,17,18). The van der Waals surface area contributed by atoms with Gasteiger partial charge in [-0.25, -0.2) is 0 Å². The number of rotatable bonds is 4. The minimum absolute atomic E-state index is 0.434. The van der Waals surface area contributed by atoms with Gasteiger partial charge in [0, 0.05) is 0 Å². The Kier molecular flexibility index (Phi) is 5.42. The molecule has 0 radical (unpaired) electrons. The fraction of sp³-hybridized carbons (Fsp3) is 0.909. The number of hydrogen-bond donors (Lipinski definition) is 1. The Bertz CT molecular complexity index is 439. The van der Waals surface area contributed by atoms with Crippen LogP contribution in [0.15, 0.2) is 0 Å². The first-order valence-corrected chi connectivity index (χ1v) is 7.77. The highest BCUT2D eigenvalue weighted by atomic mass is 32.2. The van der Waals surface area contributed by atoms with Crippen molar-refractivity contribution in [1.82, 2.24) is 0 Å². The van der Waals surface area contributed by atoms with Crippen molar-refractivity contribution in [3.05, 3.63) is 0 Å². The minimum atomic E-state index is -5.06. The second-order valence-electron chi connectivity index (χ2n) is 4.95. The Balaban J connectivity index is 2.82. The monoisotopic (exact) mass is 318 g/mol. The average Bonchev–Trinajstić information content (AvgIpc) is 2.33. The fourth-order valence-electron chi connectivity index (χ4n) is 2.14. The SMILES string of the molecule is CC(C(OC(=O)C1CCCCC1)C(F)(F)F)S(=O)(=O)O. The van der Waals surface area contributed by atoms with E-state index in [1.165, 1.54) is 0 Å². The van der Waals surface area contributed by atoms with E-state index in [4.69, 9.17) is 4.55 Å². The van der Waals surface area contributed by atoms with E-state index in [0.29, 0.717) is 19.8 Å². The summed E-state index contributed by atoms with van der Waals surface area (Å²) in [4.78, 5) is 11.7.